The Balaban J connectivity index is 1.41. The van der Waals surface area contributed by atoms with E-state index in [1.807, 2.05) is 18.2 Å². The van der Waals surface area contributed by atoms with Gasteiger partial charge < -0.3 is 9.73 Å². The van der Waals surface area contributed by atoms with Crippen LogP contribution in [0.15, 0.2) is 65.2 Å². The Labute approximate surface area is 158 Å². The lowest BCUT2D eigenvalue weighted by Crippen LogP contribution is -2.25. The van der Waals surface area contributed by atoms with Crippen LogP contribution in [-0.2, 0) is 11.2 Å². The first-order valence-electron chi connectivity index (χ1n) is 9.14. The van der Waals surface area contributed by atoms with Crippen LogP contribution in [0.4, 0.5) is 4.39 Å². The molecule has 1 aromatic heterocycles. The minimum Gasteiger partial charge on any atom is -0.441 e. The molecule has 0 saturated carbocycles. The SMILES string of the molecule is CC(CCNC(=O)CCc1ncc(-c2ccc(F)cc2)o1)c1ccccc1. The van der Waals surface area contributed by atoms with Crippen LogP contribution in [0.1, 0.15) is 37.1 Å². The molecule has 1 unspecified atom stereocenters. The monoisotopic (exact) mass is 366 g/mol. The van der Waals surface area contributed by atoms with Crippen molar-refractivity contribution in [2.45, 2.75) is 32.1 Å². The van der Waals surface area contributed by atoms with Crippen LogP contribution in [0.5, 0.6) is 0 Å². The van der Waals surface area contributed by atoms with E-state index in [1.54, 1.807) is 18.3 Å². The van der Waals surface area contributed by atoms with Crippen molar-refractivity contribution in [1.29, 1.82) is 0 Å². The Morgan fingerprint density at radius 3 is 2.63 bits per heavy atom. The number of aromatic nitrogens is 1. The summed E-state index contributed by atoms with van der Waals surface area (Å²) in [6, 6.07) is 16.3. The van der Waals surface area contributed by atoms with Crippen molar-refractivity contribution < 1.29 is 13.6 Å². The lowest BCUT2D eigenvalue weighted by molar-refractivity contribution is -0.121. The van der Waals surface area contributed by atoms with E-state index in [0.29, 0.717) is 37.0 Å². The molecular weight excluding hydrogens is 343 g/mol. The fraction of sp³-hybridized carbons (Fsp3) is 0.273. The van der Waals surface area contributed by atoms with E-state index in [-0.39, 0.29) is 11.7 Å². The fourth-order valence-corrected chi connectivity index (χ4v) is 2.86. The van der Waals surface area contributed by atoms with Crippen LogP contribution in [0.25, 0.3) is 11.3 Å². The summed E-state index contributed by atoms with van der Waals surface area (Å²) in [6.07, 6.45) is 3.25. The van der Waals surface area contributed by atoms with Crippen LogP contribution in [0.2, 0.25) is 0 Å². The lowest BCUT2D eigenvalue weighted by Gasteiger charge is -2.12. The Kier molecular flexibility index (Phi) is 6.36. The van der Waals surface area contributed by atoms with Gasteiger partial charge in [-0.2, -0.15) is 0 Å². The summed E-state index contributed by atoms with van der Waals surface area (Å²) in [6.45, 7) is 2.80. The summed E-state index contributed by atoms with van der Waals surface area (Å²) >= 11 is 0. The van der Waals surface area contributed by atoms with E-state index in [4.69, 9.17) is 4.42 Å². The fourth-order valence-electron chi connectivity index (χ4n) is 2.86. The van der Waals surface area contributed by atoms with Crippen LogP contribution in [-0.4, -0.2) is 17.4 Å². The molecule has 140 valence electrons. The molecule has 0 bridgehead atoms. The van der Waals surface area contributed by atoms with Gasteiger partial charge in [0.2, 0.25) is 5.91 Å². The number of rotatable bonds is 8. The molecule has 0 aliphatic rings. The maximum absolute atomic E-state index is 13.0. The molecule has 0 spiro atoms. The smallest absolute Gasteiger partial charge is 0.220 e. The standard InChI is InChI=1S/C22H23FN2O2/c1-16(17-5-3-2-4-6-17)13-14-24-21(26)11-12-22-25-15-20(27-22)18-7-9-19(23)10-8-18/h2-10,15-16H,11-14H2,1H3,(H,24,26). The average molecular weight is 366 g/mol. The maximum atomic E-state index is 13.0. The topological polar surface area (TPSA) is 55.1 Å². The zero-order valence-corrected chi connectivity index (χ0v) is 15.3. The largest absolute Gasteiger partial charge is 0.441 e. The number of carbonyl (C=O) groups excluding carboxylic acids is 1. The number of hydrogen-bond donors (Lipinski definition) is 1. The molecular formula is C22H23FN2O2. The Morgan fingerprint density at radius 1 is 1.15 bits per heavy atom. The highest BCUT2D eigenvalue weighted by Crippen LogP contribution is 2.21. The molecule has 5 heteroatoms. The minimum absolute atomic E-state index is 0.0169. The number of amides is 1. The molecule has 1 N–H and O–H groups in total. The molecule has 0 aliphatic heterocycles. The maximum Gasteiger partial charge on any atom is 0.220 e. The van der Waals surface area contributed by atoms with Crippen molar-refractivity contribution in [3.8, 4) is 11.3 Å². The zero-order chi connectivity index (χ0) is 19.1. The number of carbonyl (C=O) groups is 1. The van der Waals surface area contributed by atoms with Gasteiger partial charge in [-0.05, 0) is 42.2 Å². The second-order valence-electron chi connectivity index (χ2n) is 6.58. The Morgan fingerprint density at radius 2 is 1.89 bits per heavy atom. The first-order chi connectivity index (χ1) is 13.1. The van der Waals surface area contributed by atoms with Crippen molar-refractivity contribution in [1.82, 2.24) is 10.3 Å². The minimum atomic E-state index is -0.295. The summed E-state index contributed by atoms with van der Waals surface area (Å²) in [7, 11) is 0. The molecule has 4 nitrogen and oxygen atoms in total. The van der Waals surface area contributed by atoms with Gasteiger partial charge >= 0.3 is 0 Å². The van der Waals surface area contributed by atoms with Crippen LogP contribution in [0, 0.1) is 5.82 Å². The molecule has 0 saturated heterocycles. The van der Waals surface area contributed by atoms with Crippen LogP contribution >= 0.6 is 0 Å². The summed E-state index contributed by atoms with van der Waals surface area (Å²) < 4.78 is 18.6. The zero-order valence-electron chi connectivity index (χ0n) is 15.3. The Bertz CT molecular complexity index is 860. The van der Waals surface area contributed by atoms with Gasteiger partial charge in [0.1, 0.15) is 5.82 Å². The lowest BCUT2D eigenvalue weighted by atomic mass is 9.98. The van der Waals surface area contributed by atoms with Crippen LogP contribution in [0.3, 0.4) is 0 Å². The van der Waals surface area contributed by atoms with Gasteiger partial charge in [0.15, 0.2) is 11.7 Å². The third-order valence-corrected chi connectivity index (χ3v) is 4.52. The number of halogens is 1. The summed E-state index contributed by atoms with van der Waals surface area (Å²) in [5.74, 6) is 1.16. The second-order valence-corrected chi connectivity index (χ2v) is 6.58. The molecule has 0 aliphatic carbocycles. The number of hydrogen-bond acceptors (Lipinski definition) is 3. The number of nitrogens with one attached hydrogen (secondary N) is 1. The second kappa shape index (κ2) is 9.12. The van der Waals surface area contributed by atoms with E-state index < -0.39 is 0 Å². The molecule has 0 radical (unpaired) electrons. The van der Waals surface area contributed by atoms with Gasteiger partial charge in [0, 0.05) is 24.9 Å². The van der Waals surface area contributed by atoms with E-state index in [2.05, 4.69) is 29.4 Å². The molecule has 0 fully saturated rings. The molecule has 1 atom stereocenters. The summed E-state index contributed by atoms with van der Waals surface area (Å²) in [4.78, 5) is 16.2. The third kappa shape index (κ3) is 5.51. The predicted octanol–water partition coefficient (Wildman–Crippen LogP) is 4.72. The third-order valence-electron chi connectivity index (χ3n) is 4.52. The molecule has 2 aromatic carbocycles. The molecule has 3 aromatic rings. The van der Waals surface area contributed by atoms with Gasteiger partial charge in [-0.15, -0.1) is 0 Å². The predicted molar refractivity (Wildman–Crippen MR) is 103 cm³/mol. The van der Waals surface area contributed by atoms with Gasteiger partial charge in [-0.3, -0.25) is 4.79 Å². The van der Waals surface area contributed by atoms with Gasteiger partial charge in [0.05, 0.1) is 6.20 Å². The van der Waals surface area contributed by atoms with Gasteiger partial charge in [-0.25, -0.2) is 9.37 Å². The molecule has 1 heterocycles. The van der Waals surface area contributed by atoms with Gasteiger partial charge in [-0.1, -0.05) is 37.3 Å². The van der Waals surface area contributed by atoms with E-state index in [1.165, 1.54) is 17.7 Å². The van der Waals surface area contributed by atoms with E-state index in [0.717, 1.165) is 12.0 Å². The van der Waals surface area contributed by atoms with Crippen molar-refractivity contribution in [3.63, 3.8) is 0 Å². The highest BCUT2D eigenvalue weighted by Gasteiger charge is 2.10. The quantitative estimate of drug-likeness (QED) is 0.627. The number of nitrogens with zero attached hydrogens (tertiary/aromatic N) is 1. The van der Waals surface area contributed by atoms with E-state index >= 15 is 0 Å². The highest BCUT2D eigenvalue weighted by molar-refractivity contribution is 5.76. The molecule has 1 amide bonds. The number of benzene rings is 2. The van der Waals surface area contributed by atoms with Crippen molar-refractivity contribution in [2.75, 3.05) is 6.54 Å². The van der Waals surface area contributed by atoms with Crippen LogP contribution < -0.4 is 5.32 Å². The summed E-state index contributed by atoms with van der Waals surface area (Å²) in [5, 5.41) is 2.95. The molecule has 3 rings (SSSR count). The first kappa shape index (κ1) is 18.8. The number of aryl methyl sites for hydroxylation is 1. The van der Waals surface area contributed by atoms with Crippen molar-refractivity contribution in [3.05, 3.63) is 78.1 Å². The molecule has 27 heavy (non-hydrogen) atoms. The first-order valence-corrected chi connectivity index (χ1v) is 9.14. The number of oxazole rings is 1. The van der Waals surface area contributed by atoms with Gasteiger partial charge in [0.25, 0.3) is 0 Å². The average Bonchev–Trinajstić information content (AvgIpc) is 3.16. The van der Waals surface area contributed by atoms with Crippen molar-refractivity contribution in [2.24, 2.45) is 0 Å². The summed E-state index contributed by atoms with van der Waals surface area (Å²) in [5.41, 5.74) is 2.04. The van der Waals surface area contributed by atoms with E-state index in [9.17, 15) is 9.18 Å². The normalized spacial score (nSPS) is 11.9. The highest BCUT2D eigenvalue weighted by atomic mass is 19.1. The Hall–Kier alpha value is -2.95. The van der Waals surface area contributed by atoms with Crippen molar-refractivity contribution >= 4 is 5.91 Å².